The Morgan fingerprint density at radius 2 is 2.00 bits per heavy atom. The molecule has 0 aliphatic heterocycles. The van der Waals surface area contributed by atoms with Crippen LogP contribution in [0.25, 0.3) is 0 Å². The van der Waals surface area contributed by atoms with Crippen molar-refractivity contribution in [1.29, 1.82) is 0 Å². The van der Waals surface area contributed by atoms with E-state index >= 15 is 0 Å². The molecule has 0 amide bonds. The molecule has 0 unspecified atom stereocenters. The summed E-state index contributed by atoms with van der Waals surface area (Å²) in [6, 6.07) is 10.3. The number of rotatable bonds is 2. The van der Waals surface area contributed by atoms with E-state index in [9.17, 15) is 4.79 Å². The largest absolute Gasteiger partial charge is 0.481 e. The summed E-state index contributed by atoms with van der Waals surface area (Å²) >= 11 is 0. The van der Waals surface area contributed by atoms with Crippen molar-refractivity contribution in [3.8, 4) is 0 Å². The predicted octanol–water partition coefficient (Wildman–Crippen LogP) is 2.64. The van der Waals surface area contributed by atoms with Gasteiger partial charge in [-0.05, 0) is 6.92 Å². The highest BCUT2D eigenvalue weighted by Gasteiger charge is 1.84. The summed E-state index contributed by atoms with van der Waals surface area (Å²) in [6.45, 7) is 5.30. The molecule has 13 heavy (non-hydrogen) atoms. The number of aliphatic carboxylic acids is 1. The Hall–Kier alpha value is -1.57. The summed E-state index contributed by atoms with van der Waals surface area (Å²) in [5.74, 6) is -0.829. The molecule has 2 heteroatoms. The van der Waals surface area contributed by atoms with Crippen LogP contribution in [0.5, 0.6) is 0 Å². The van der Waals surface area contributed by atoms with Crippen molar-refractivity contribution in [1.82, 2.24) is 0 Å². The molecule has 1 rings (SSSR count). The molecule has 0 aliphatic rings. The van der Waals surface area contributed by atoms with Crippen LogP contribution in [0, 0.1) is 6.92 Å². The number of hydrogen-bond acceptors (Lipinski definition) is 1. The molecular formula is C11H14O2. The zero-order valence-electron chi connectivity index (χ0n) is 7.73. The third-order valence-electron chi connectivity index (χ3n) is 1.26. The minimum Gasteiger partial charge on any atom is -0.481 e. The lowest BCUT2D eigenvalue weighted by Crippen LogP contribution is -1.88. The summed E-state index contributed by atoms with van der Waals surface area (Å²) in [6.07, 6.45) is 1.41. The van der Waals surface area contributed by atoms with E-state index in [1.165, 1.54) is 11.6 Å². The fourth-order valence-corrected chi connectivity index (χ4v) is 0.658. The maximum absolute atomic E-state index is 9.53. The molecule has 0 atom stereocenters. The first-order valence-electron chi connectivity index (χ1n) is 4.01. The minimum atomic E-state index is -0.829. The Morgan fingerprint density at radius 3 is 2.15 bits per heavy atom. The quantitative estimate of drug-likeness (QED) is 0.707. The molecular weight excluding hydrogens is 164 g/mol. The van der Waals surface area contributed by atoms with Crippen LogP contribution in [0.2, 0.25) is 0 Å². The smallest absolute Gasteiger partial charge is 0.307 e. The molecule has 0 bridgehead atoms. The molecule has 70 valence electrons. The van der Waals surface area contributed by atoms with E-state index in [0.717, 1.165) is 0 Å². The van der Waals surface area contributed by atoms with Crippen molar-refractivity contribution in [2.45, 2.75) is 13.3 Å². The SMILES string of the molecule is C=CCC(=O)O.Cc1ccccc1. The summed E-state index contributed by atoms with van der Waals surface area (Å²) in [5, 5.41) is 7.84. The molecule has 0 aromatic heterocycles. The highest BCUT2D eigenvalue weighted by atomic mass is 16.4. The van der Waals surface area contributed by atoms with Gasteiger partial charge in [0.1, 0.15) is 0 Å². The monoisotopic (exact) mass is 178 g/mol. The number of carboxylic acid groups (broad SMARTS) is 1. The molecule has 0 spiro atoms. The van der Waals surface area contributed by atoms with Crippen LogP contribution in [0.1, 0.15) is 12.0 Å². The average Bonchev–Trinajstić information content (AvgIpc) is 2.06. The number of carbonyl (C=O) groups is 1. The zero-order valence-corrected chi connectivity index (χ0v) is 7.73. The molecule has 1 aromatic carbocycles. The number of aryl methyl sites for hydroxylation is 1. The van der Waals surface area contributed by atoms with Gasteiger partial charge in [0.2, 0.25) is 0 Å². The van der Waals surface area contributed by atoms with Gasteiger partial charge in [-0.3, -0.25) is 4.79 Å². The molecule has 0 saturated heterocycles. The highest BCUT2D eigenvalue weighted by Crippen LogP contribution is 1.92. The Kier molecular flexibility index (Phi) is 6.24. The first kappa shape index (κ1) is 11.4. The van der Waals surface area contributed by atoms with Crippen molar-refractivity contribution in [2.24, 2.45) is 0 Å². The fraction of sp³-hybridized carbons (Fsp3) is 0.182. The number of hydrogen-bond donors (Lipinski definition) is 1. The third-order valence-corrected chi connectivity index (χ3v) is 1.26. The van der Waals surface area contributed by atoms with Gasteiger partial charge in [0.25, 0.3) is 0 Å². The Labute approximate surface area is 78.5 Å². The molecule has 2 nitrogen and oxygen atoms in total. The fourth-order valence-electron chi connectivity index (χ4n) is 0.658. The van der Waals surface area contributed by atoms with Crippen molar-refractivity contribution in [3.63, 3.8) is 0 Å². The number of carboxylic acids is 1. The number of benzene rings is 1. The summed E-state index contributed by atoms with van der Waals surface area (Å²) in [5.41, 5.74) is 1.32. The van der Waals surface area contributed by atoms with E-state index in [-0.39, 0.29) is 6.42 Å². The van der Waals surface area contributed by atoms with Gasteiger partial charge < -0.3 is 5.11 Å². The maximum atomic E-state index is 9.53. The van der Waals surface area contributed by atoms with Crippen LogP contribution < -0.4 is 0 Å². The summed E-state index contributed by atoms with van der Waals surface area (Å²) < 4.78 is 0. The van der Waals surface area contributed by atoms with Crippen LogP contribution in [0.4, 0.5) is 0 Å². The van der Waals surface area contributed by atoms with Gasteiger partial charge in [-0.15, -0.1) is 6.58 Å². The molecule has 0 heterocycles. The van der Waals surface area contributed by atoms with E-state index in [0.29, 0.717) is 0 Å². The lowest BCUT2D eigenvalue weighted by molar-refractivity contribution is -0.135. The van der Waals surface area contributed by atoms with E-state index in [2.05, 4.69) is 25.6 Å². The van der Waals surface area contributed by atoms with Crippen LogP contribution in [-0.2, 0) is 4.79 Å². The zero-order chi connectivity index (χ0) is 10.1. The second-order valence-electron chi connectivity index (χ2n) is 2.54. The van der Waals surface area contributed by atoms with Crippen molar-refractivity contribution in [2.75, 3.05) is 0 Å². The summed E-state index contributed by atoms with van der Waals surface area (Å²) in [7, 11) is 0. The standard InChI is InChI=1S/C7H8.C4H6O2/c1-7-5-3-2-4-6-7;1-2-3-4(5)6/h2-6H,1H3;2H,1,3H2,(H,5,6). The third kappa shape index (κ3) is 8.34. The van der Waals surface area contributed by atoms with Gasteiger partial charge in [-0.2, -0.15) is 0 Å². The highest BCUT2D eigenvalue weighted by molar-refractivity contribution is 5.68. The lowest BCUT2D eigenvalue weighted by Gasteiger charge is -1.82. The van der Waals surface area contributed by atoms with E-state index in [4.69, 9.17) is 5.11 Å². The Bertz CT molecular complexity index is 252. The van der Waals surface area contributed by atoms with Gasteiger partial charge in [0.05, 0.1) is 6.42 Å². The van der Waals surface area contributed by atoms with Crippen molar-refractivity contribution in [3.05, 3.63) is 48.6 Å². The van der Waals surface area contributed by atoms with Crippen molar-refractivity contribution >= 4 is 5.97 Å². The van der Waals surface area contributed by atoms with Gasteiger partial charge in [-0.25, -0.2) is 0 Å². The second-order valence-corrected chi connectivity index (χ2v) is 2.54. The van der Waals surface area contributed by atoms with Crippen LogP contribution in [-0.4, -0.2) is 11.1 Å². The first-order valence-corrected chi connectivity index (χ1v) is 4.01. The average molecular weight is 178 g/mol. The van der Waals surface area contributed by atoms with Crippen LogP contribution in [0.3, 0.4) is 0 Å². The lowest BCUT2D eigenvalue weighted by atomic mass is 10.2. The molecule has 0 fully saturated rings. The maximum Gasteiger partial charge on any atom is 0.307 e. The van der Waals surface area contributed by atoms with Gasteiger partial charge in [0.15, 0.2) is 0 Å². The van der Waals surface area contributed by atoms with E-state index < -0.39 is 5.97 Å². The predicted molar refractivity (Wildman–Crippen MR) is 53.6 cm³/mol. The Morgan fingerprint density at radius 1 is 1.46 bits per heavy atom. The van der Waals surface area contributed by atoms with Gasteiger partial charge in [0, 0.05) is 0 Å². The van der Waals surface area contributed by atoms with Crippen LogP contribution >= 0.6 is 0 Å². The van der Waals surface area contributed by atoms with E-state index in [1.807, 2.05) is 18.2 Å². The normalized spacial score (nSPS) is 8.08. The molecule has 0 aliphatic carbocycles. The topological polar surface area (TPSA) is 37.3 Å². The molecule has 0 saturated carbocycles. The molecule has 1 aromatic rings. The molecule has 0 radical (unpaired) electrons. The molecule has 1 N–H and O–H groups in total. The Balaban J connectivity index is 0.000000226. The first-order chi connectivity index (χ1) is 6.16. The van der Waals surface area contributed by atoms with E-state index in [1.54, 1.807) is 0 Å². The second kappa shape index (κ2) is 7.10. The summed E-state index contributed by atoms with van der Waals surface area (Å²) in [4.78, 5) is 9.53. The van der Waals surface area contributed by atoms with Gasteiger partial charge >= 0.3 is 5.97 Å². The van der Waals surface area contributed by atoms with Crippen LogP contribution in [0.15, 0.2) is 43.0 Å². The minimum absolute atomic E-state index is 0.0556. The van der Waals surface area contributed by atoms with Gasteiger partial charge in [-0.1, -0.05) is 42.0 Å². The van der Waals surface area contributed by atoms with Crippen molar-refractivity contribution < 1.29 is 9.90 Å².